The van der Waals surface area contributed by atoms with Crippen LogP contribution >= 0.6 is 11.6 Å². The normalized spacial score (nSPS) is 10.3. The fraction of sp³-hybridized carbons (Fsp3) is 0.316. The highest BCUT2D eigenvalue weighted by Gasteiger charge is 2.09. The van der Waals surface area contributed by atoms with Gasteiger partial charge in [-0.1, -0.05) is 30.7 Å². The van der Waals surface area contributed by atoms with Crippen LogP contribution in [0.4, 0.5) is 0 Å². The number of amides is 1. The molecule has 0 saturated carbocycles. The van der Waals surface area contributed by atoms with Crippen molar-refractivity contribution < 1.29 is 14.3 Å². The molecule has 1 N–H and O–H groups in total. The molecular formula is C19H22ClNO3. The summed E-state index contributed by atoms with van der Waals surface area (Å²) in [6, 6.07) is 12.6. The average Bonchev–Trinajstić information content (AvgIpc) is 2.59. The van der Waals surface area contributed by atoms with Crippen molar-refractivity contribution in [3.63, 3.8) is 0 Å². The van der Waals surface area contributed by atoms with Crippen molar-refractivity contribution in [3.8, 4) is 11.5 Å². The van der Waals surface area contributed by atoms with Crippen molar-refractivity contribution in [3.05, 3.63) is 58.6 Å². The molecule has 0 aliphatic carbocycles. The number of rotatable bonds is 8. The van der Waals surface area contributed by atoms with Gasteiger partial charge in [0.05, 0.1) is 13.2 Å². The third kappa shape index (κ3) is 5.17. The van der Waals surface area contributed by atoms with Gasteiger partial charge >= 0.3 is 0 Å². The van der Waals surface area contributed by atoms with Gasteiger partial charge in [-0.15, -0.1) is 0 Å². The lowest BCUT2D eigenvalue weighted by Crippen LogP contribution is -2.22. The third-order valence-corrected chi connectivity index (χ3v) is 3.54. The number of hydrogen-bond donors (Lipinski definition) is 1. The molecule has 0 fully saturated rings. The maximum atomic E-state index is 12.2. The molecule has 0 spiro atoms. The molecule has 5 heteroatoms. The molecule has 0 atom stereocenters. The first kappa shape index (κ1) is 18.1. The molecule has 0 aromatic heterocycles. The summed E-state index contributed by atoms with van der Waals surface area (Å²) in [5.74, 6) is 1.26. The maximum absolute atomic E-state index is 12.2. The van der Waals surface area contributed by atoms with Crippen LogP contribution in [0.2, 0.25) is 5.02 Å². The Bertz CT molecular complexity index is 688. The van der Waals surface area contributed by atoms with Crippen LogP contribution < -0.4 is 14.8 Å². The van der Waals surface area contributed by atoms with Crippen molar-refractivity contribution in [1.82, 2.24) is 5.32 Å². The number of halogens is 1. The van der Waals surface area contributed by atoms with Crippen LogP contribution in [0.15, 0.2) is 42.5 Å². The highest BCUT2D eigenvalue weighted by molar-refractivity contribution is 6.30. The Morgan fingerprint density at radius 1 is 1.08 bits per heavy atom. The topological polar surface area (TPSA) is 47.6 Å². The van der Waals surface area contributed by atoms with Gasteiger partial charge in [-0.3, -0.25) is 4.79 Å². The van der Waals surface area contributed by atoms with Gasteiger partial charge in [0.15, 0.2) is 11.5 Å². The van der Waals surface area contributed by atoms with Crippen LogP contribution in [-0.4, -0.2) is 19.1 Å². The summed E-state index contributed by atoms with van der Waals surface area (Å²) < 4.78 is 11.3. The van der Waals surface area contributed by atoms with Crippen LogP contribution in [-0.2, 0) is 6.54 Å². The second-order valence-corrected chi connectivity index (χ2v) is 5.69. The van der Waals surface area contributed by atoms with Crippen LogP contribution in [0.25, 0.3) is 0 Å². The molecule has 0 radical (unpaired) electrons. The van der Waals surface area contributed by atoms with E-state index in [4.69, 9.17) is 21.1 Å². The van der Waals surface area contributed by atoms with E-state index in [1.165, 1.54) is 0 Å². The molecule has 0 bridgehead atoms. The first-order valence-electron chi connectivity index (χ1n) is 8.06. The fourth-order valence-electron chi connectivity index (χ4n) is 2.18. The van der Waals surface area contributed by atoms with Crippen molar-refractivity contribution in [2.75, 3.05) is 13.2 Å². The molecule has 0 unspecified atom stereocenters. The van der Waals surface area contributed by atoms with Crippen LogP contribution in [0, 0.1) is 0 Å². The lowest BCUT2D eigenvalue weighted by molar-refractivity contribution is 0.0951. The van der Waals surface area contributed by atoms with E-state index < -0.39 is 0 Å². The van der Waals surface area contributed by atoms with E-state index in [9.17, 15) is 4.79 Å². The molecule has 24 heavy (non-hydrogen) atoms. The highest BCUT2D eigenvalue weighted by Crippen LogP contribution is 2.28. The summed E-state index contributed by atoms with van der Waals surface area (Å²) in [7, 11) is 0. The maximum Gasteiger partial charge on any atom is 0.251 e. The molecule has 0 heterocycles. The van der Waals surface area contributed by atoms with Gasteiger partial charge in [-0.05, 0) is 49.2 Å². The van der Waals surface area contributed by atoms with E-state index in [0.29, 0.717) is 36.1 Å². The summed E-state index contributed by atoms with van der Waals surface area (Å²) in [4.78, 5) is 12.2. The molecule has 4 nitrogen and oxygen atoms in total. The number of carbonyl (C=O) groups is 1. The van der Waals surface area contributed by atoms with Crippen LogP contribution in [0.1, 0.15) is 36.2 Å². The van der Waals surface area contributed by atoms with Gasteiger partial charge in [0, 0.05) is 17.1 Å². The monoisotopic (exact) mass is 347 g/mol. The second kappa shape index (κ2) is 9.18. The van der Waals surface area contributed by atoms with Crippen molar-refractivity contribution in [1.29, 1.82) is 0 Å². The van der Waals surface area contributed by atoms with Crippen LogP contribution in [0.3, 0.4) is 0 Å². The van der Waals surface area contributed by atoms with Crippen molar-refractivity contribution >= 4 is 17.5 Å². The minimum absolute atomic E-state index is 0.165. The first-order valence-corrected chi connectivity index (χ1v) is 8.44. The predicted molar refractivity (Wildman–Crippen MR) is 96.0 cm³/mol. The summed E-state index contributed by atoms with van der Waals surface area (Å²) >= 11 is 5.91. The molecule has 2 aromatic rings. The van der Waals surface area contributed by atoms with E-state index >= 15 is 0 Å². The SMILES string of the molecule is CCCOc1ccc(CNC(=O)c2cccc(Cl)c2)cc1OCC. The summed E-state index contributed by atoms with van der Waals surface area (Å²) in [6.07, 6.45) is 0.934. The summed E-state index contributed by atoms with van der Waals surface area (Å²) in [5, 5.41) is 3.42. The van der Waals surface area contributed by atoms with E-state index in [-0.39, 0.29) is 5.91 Å². The summed E-state index contributed by atoms with van der Waals surface area (Å²) in [6.45, 7) is 5.59. The van der Waals surface area contributed by atoms with E-state index in [1.807, 2.05) is 25.1 Å². The van der Waals surface area contributed by atoms with E-state index in [0.717, 1.165) is 17.7 Å². The van der Waals surface area contributed by atoms with E-state index in [1.54, 1.807) is 24.3 Å². The quantitative estimate of drug-likeness (QED) is 0.767. The Labute approximate surface area is 147 Å². The third-order valence-electron chi connectivity index (χ3n) is 3.31. The molecule has 0 aliphatic rings. The van der Waals surface area contributed by atoms with Gasteiger partial charge in [0.25, 0.3) is 5.91 Å². The predicted octanol–water partition coefficient (Wildman–Crippen LogP) is 4.46. The molecule has 0 saturated heterocycles. The first-order chi connectivity index (χ1) is 11.6. The Morgan fingerprint density at radius 3 is 2.62 bits per heavy atom. The van der Waals surface area contributed by atoms with Crippen molar-refractivity contribution in [2.45, 2.75) is 26.8 Å². The van der Waals surface area contributed by atoms with Gasteiger partial charge in [-0.2, -0.15) is 0 Å². The Kier molecular flexibility index (Phi) is 6.94. The number of nitrogens with one attached hydrogen (secondary N) is 1. The zero-order chi connectivity index (χ0) is 17.4. The molecule has 0 aliphatic heterocycles. The standard InChI is InChI=1S/C19H22ClNO3/c1-3-10-24-17-9-8-14(11-18(17)23-4-2)13-21-19(22)15-6-5-7-16(20)12-15/h5-9,11-12H,3-4,10,13H2,1-2H3,(H,21,22). The smallest absolute Gasteiger partial charge is 0.251 e. The lowest BCUT2D eigenvalue weighted by Gasteiger charge is -2.13. The Balaban J connectivity index is 2.03. The number of benzene rings is 2. The van der Waals surface area contributed by atoms with Gasteiger partial charge in [-0.25, -0.2) is 0 Å². The lowest BCUT2D eigenvalue weighted by atomic mass is 10.1. The molecule has 2 aromatic carbocycles. The molecule has 128 valence electrons. The second-order valence-electron chi connectivity index (χ2n) is 5.26. The van der Waals surface area contributed by atoms with Crippen LogP contribution in [0.5, 0.6) is 11.5 Å². The Hall–Kier alpha value is -2.20. The largest absolute Gasteiger partial charge is 0.490 e. The average molecular weight is 348 g/mol. The zero-order valence-corrected chi connectivity index (χ0v) is 14.7. The van der Waals surface area contributed by atoms with Gasteiger partial charge in [0.1, 0.15) is 0 Å². The zero-order valence-electron chi connectivity index (χ0n) is 14.0. The minimum atomic E-state index is -0.165. The number of ether oxygens (including phenoxy) is 2. The molecule has 1 amide bonds. The van der Waals surface area contributed by atoms with Crippen molar-refractivity contribution in [2.24, 2.45) is 0 Å². The minimum Gasteiger partial charge on any atom is -0.490 e. The van der Waals surface area contributed by atoms with Gasteiger partial charge in [0.2, 0.25) is 0 Å². The van der Waals surface area contributed by atoms with Gasteiger partial charge < -0.3 is 14.8 Å². The molecular weight excluding hydrogens is 326 g/mol. The number of hydrogen-bond acceptors (Lipinski definition) is 3. The highest BCUT2D eigenvalue weighted by atomic mass is 35.5. The number of carbonyl (C=O) groups excluding carboxylic acids is 1. The fourth-order valence-corrected chi connectivity index (χ4v) is 2.37. The van der Waals surface area contributed by atoms with E-state index in [2.05, 4.69) is 12.2 Å². The summed E-state index contributed by atoms with van der Waals surface area (Å²) in [5.41, 5.74) is 1.48. The Morgan fingerprint density at radius 2 is 1.92 bits per heavy atom. The molecule has 2 rings (SSSR count).